The average molecular weight is 482 g/mol. The van der Waals surface area contributed by atoms with Crippen LogP contribution in [0.1, 0.15) is 10.4 Å². The number of nitrogens with one attached hydrogen (secondary N) is 2. The molecule has 0 aliphatic rings. The number of carbonyl (C=O) groups is 1. The van der Waals surface area contributed by atoms with E-state index in [-0.39, 0.29) is 0 Å². The van der Waals surface area contributed by atoms with Gasteiger partial charge in [-0.15, -0.1) is 0 Å². The lowest BCUT2D eigenvalue weighted by Gasteiger charge is -2.27. The minimum atomic E-state index is -1.81. The lowest BCUT2D eigenvalue weighted by molar-refractivity contribution is 0.0942. The summed E-state index contributed by atoms with van der Waals surface area (Å²) in [4.78, 5) is 12.5. The molecule has 3 rings (SSSR count). The molecule has 30 heavy (non-hydrogen) atoms. The minimum Gasteiger partial charge on any atom is -0.362 e. The highest BCUT2D eigenvalue weighted by molar-refractivity contribution is 6.68. The van der Waals surface area contributed by atoms with Crippen LogP contribution in [-0.2, 0) is 0 Å². The van der Waals surface area contributed by atoms with Gasteiger partial charge in [0.2, 0.25) is 3.79 Å². The Kier molecular flexibility index (Phi) is 7.56. The fraction of sp³-hybridized carbons (Fsp3) is 0.0952. The predicted octanol–water partition coefficient (Wildman–Crippen LogP) is 7.29. The molecule has 0 aromatic heterocycles. The van der Waals surface area contributed by atoms with Gasteiger partial charge in [0, 0.05) is 16.3 Å². The molecule has 0 spiro atoms. The number of benzene rings is 3. The smallest absolute Gasteiger partial charge is 0.253 e. The van der Waals surface area contributed by atoms with Gasteiger partial charge in [0.1, 0.15) is 6.17 Å². The lowest BCUT2D eigenvalue weighted by Crippen LogP contribution is -2.49. The van der Waals surface area contributed by atoms with Crippen molar-refractivity contribution in [3.63, 3.8) is 0 Å². The molecule has 0 aliphatic heterocycles. The van der Waals surface area contributed by atoms with Crippen molar-refractivity contribution in [2.45, 2.75) is 9.96 Å². The van der Waals surface area contributed by atoms with Crippen LogP contribution in [0.3, 0.4) is 0 Å². The van der Waals surface area contributed by atoms with Crippen molar-refractivity contribution in [3.05, 3.63) is 89.4 Å². The Morgan fingerprint density at radius 3 is 2.07 bits per heavy atom. The first-order valence-corrected chi connectivity index (χ1v) is 10.3. The largest absolute Gasteiger partial charge is 0.362 e. The Balaban J connectivity index is 1.69. The van der Waals surface area contributed by atoms with Gasteiger partial charge in [0.15, 0.2) is 0 Å². The highest BCUT2D eigenvalue weighted by Crippen LogP contribution is 2.32. The van der Waals surface area contributed by atoms with Crippen LogP contribution in [-0.4, -0.2) is 15.9 Å². The van der Waals surface area contributed by atoms with E-state index in [2.05, 4.69) is 20.9 Å². The molecule has 0 saturated carbocycles. The van der Waals surface area contributed by atoms with E-state index < -0.39 is 15.9 Å². The Bertz CT molecular complexity index is 1020. The molecule has 0 radical (unpaired) electrons. The number of anilines is 1. The highest BCUT2D eigenvalue weighted by Gasteiger charge is 2.34. The molecule has 0 unspecified atom stereocenters. The van der Waals surface area contributed by atoms with Crippen molar-refractivity contribution < 1.29 is 4.79 Å². The zero-order valence-corrected chi connectivity index (χ0v) is 18.4. The molecule has 0 heterocycles. The van der Waals surface area contributed by atoms with Crippen LogP contribution in [0.15, 0.2) is 89.1 Å². The molecule has 2 N–H and O–H groups in total. The summed E-state index contributed by atoms with van der Waals surface area (Å²) in [5, 5.41) is 14.4. The summed E-state index contributed by atoms with van der Waals surface area (Å²) in [6.45, 7) is 0. The molecule has 154 valence electrons. The van der Waals surface area contributed by atoms with Gasteiger partial charge in [-0.05, 0) is 54.6 Å². The molecule has 3 aromatic carbocycles. The Morgan fingerprint density at radius 1 is 0.833 bits per heavy atom. The molecule has 0 fully saturated rings. The first-order chi connectivity index (χ1) is 14.3. The second-order valence-corrected chi connectivity index (χ2v) is 8.99. The van der Waals surface area contributed by atoms with Crippen LogP contribution < -0.4 is 10.6 Å². The van der Waals surface area contributed by atoms with Gasteiger partial charge in [-0.3, -0.25) is 4.79 Å². The van der Waals surface area contributed by atoms with Crippen molar-refractivity contribution in [2.75, 3.05) is 5.32 Å². The Hall–Kier alpha value is -2.31. The van der Waals surface area contributed by atoms with E-state index in [4.69, 9.17) is 46.4 Å². The van der Waals surface area contributed by atoms with Crippen molar-refractivity contribution in [3.8, 4) is 0 Å². The average Bonchev–Trinajstić information content (AvgIpc) is 2.73. The number of hydrogen-bond acceptors (Lipinski definition) is 4. The van der Waals surface area contributed by atoms with Crippen LogP contribution in [0.25, 0.3) is 0 Å². The monoisotopic (exact) mass is 480 g/mol. The maximum Gasteiger partial charge on any atom is 0.253 e. The third-order valence-electron chi connectivity index (χ3n) is 3.91. The highest BCUT2D eigenvalue weighted by atomic mass is 35.6. The third-order valence-corrected chi connectivity index (χ3v) is 4.79. The zero-order valence-electron chi connectivity index (χ0n) is 15.4. The fourth-order valence-electron chi connectivity index (χ4n) is 2.45. The molecular formula is C21H16Cl4N4O. The van der Waals surface area contributed by atoms with Crippen molar-refractivity contribution in [1.29, 1.82) is 0 Å². The van der Waals surface area contributed by atoms with Gasteiger partial charge in [0.25, 0.3) is 5.91 Å². The second kappa shape index (κ2) is 10.1. The molecule has 3 aromatic rings. The van der Waals surface area contributed by atoms with Crippen LogP contribution in [0, 0.1) is 0 Å². The summed E-state index contributed by atoms with van der Waals surface area (Å²) in [6, 6.07) is 22.9. The van der Waals surface area contributed by atoms with Gasteiger partial charge >= 0.3 is 0 Å². The first-order valence-electron chi connectivity index (χ1n) is 8.78. The predicted molar refractivity (Wildman–Crippen MR) is 124 cm³/mol. The van der Waals surface area contributed by atoms with Crippen LogP contribution >= 0.6 is 46.4 Å². The molecule has 1 atom stereocenters. The summed E-state index contributed by atoms with van der Waals surface area (Å²) < 4.78 is -1.81. The van der Waals surface area contributed by atoms with E-state index in [9.17, 15) is 4.79 Å². The van der Waals surface area contributed by atoms with Gasteiger partial charge < -0.3 is 10.6 Å². The summed E-state index contributed by atoms with van der Waals surface area (Å²) in [7, 11) is 0. The van der Waals surface area contributed by atoms with Crippen molar-refractivity contribution in [2.24, 2.45) is 10.2 Å². The maximum atomic E-state index is 12.5. The van der Waals surface area contributed by atoms with Crippen molar-refractivity contribution in [1.82, 2.24) is 5.32 Å². The number of halogens is 4. The fourth-order valence-corrected chi connectivity index (χ4v) is 2.96. The quantitative estimate of drug-likeness (QED) is 0.220. The maximum absolute atomic E-state index is 12.5. The van der Waals surface area contributed by atoms with Crippen LogP contribution in [0.2, 0.25) is 5.02 Å². The number of hydrogen-bond donors (Lipinski definition) is 2. The van der Waals surface area contributed by atoms with E-state index in [1.807, 2.05) is 30.3 Å². The molecular weight excluding hydrogens is 466 g/mol. The molecule has 0 bridgehead atoms. The number of amides is 1. The standard InChI is InChI=1S/C21H16Cl4N4O/c22-15-6-4-5-14(13-15)19(30)27-20(21(23,24)25)26-16-9-11-18(12-10-16)29-28-17-7-2-1-3-8-17/h1-13,20,26H,(H,27,30)/t20-/m1/s1. The van der Waals surface area contributed by atoms with E-state index in [1.54, 1.807) is 42.5 Å². The molecule has 9 heteroatoms. The molecule has 5 nitrogen and oxygen atoms in total. The van der Waals surface area contributed by atoms with E-state index in [0.717, 1.165) is 5.69 Å². The summed E-state index contributed by atoms with van der Waals surface area (Å²) in [6.07, 6.45) is -0.995. The SMILES string of the molecule is O=C(N[C@@H](Nc1ccc(N=Nc2ccccc2)cc1)C(Cl)(Cl)Cl)c1cccc(Cl)c1. The van der Waals surface area contributed by atoms with E-state index >= 15 is 0 Å². The van der Waals surface area contributed by atoms with Gasteiger partial charge in [-0.1, -0.05) is 70.7 Å². The van der Waals surface area contributed by atoms with Crippen LogP contribution in [0.5, 0.6) is 0 Å². The lowest BCUT2D eigenvalue weighted by atomic mass is 10.2. The van der Waals surface area contributed by atoms with E-state index in [0.29, 0.717) is 22.0 Å². The first kappa shape index (κ1) is 22.4. The Morgan fingerprint density at radius 2 is 1.47 bits per heavy atom. The van der Waals surface area contributed by atoms with Gasteiger partial charge in [-0.25, -0.2) is 0 Å². The normalized spacial score (nSPS) is 12.5. The zero-order chi connectivity index (χ0) is 21.6. The summed E-state index contributed by atoms with van der Waals surface area (Å²) in [5.41, 5.74) is 2.37. The molecule has 0 aliphatic carbocycles. The number of azo groups is 1. The number of alkyl halides is 3. The topological polar surface area (TPSA) is 65.8 Å². The molecule has 0 saturated heterocycles. The Labute approximate surface area is 194 Å². The third kappa shape index (κ3) is 6.61. The molecule has 1 amide bonds. The van der Waals surface area contributed by atoms with Gasteiger partial charge in [0.05, 0.1) is 11.4 Å². The van der Waals surface area contributed by atoms with Crippen LogP contribution in [0.4, 0.5) is 17.1 Å². The number of nitrogens with zero attached hydrogens (tertiary/aromatic N) is 2. The summed E-state index contributed by atoms with van der Waals surface area (Å²) in [5.74, 6) is -0.436. The minimum absolute atomic E-state index is 0.347. The summed E-state index contributed by atoms with van der Waals surface area (Å²) >= 11 is 24.1. The number of carbonyl (C=O) groups excluding carboxylic acids is 1. The number of rotatable bonds is 6. The van der Waals surface area contributed by atoms with Gasteiger partial charge in [-0.2, -0.15) is 10.2 Å². The second-order valence-electron chi connectivity index (χ2n) is 6.19. The van der Waals surface area contributed by atoms with Crippen molar-refractivity contribution >= 4 is 69.4 Å². The van der Waals surface area contributed by atoms with E-state index in [1.165, 1.54) is 6.07 Å².